The fraction of sp³-hybridized carbons (Fsp3) is 0.636. The second-order valence-electron chi connectivity index (χ2n) is 4.54. The summed E-state index contributed by atoms with van der Waals surface area (Å²) < 4.78 is 2.04. The van der Waals surface area contributed by atoms with E-state index in [4.69, 9.17) is 5.11 Å². The van der Waals surface area contributed by atoms with Crippen molar-refractivity contribution in [2.45, 2.75) is 19.8 Å². The molecule has 0 aromatic carbocycles. The van der Waals surface area contributed by atoms with Crippen LogP contribution in [0.5, 0.6) is 0 Å². The number of nitrogens with zero attached hydrogens (tertiary/aromatic N) is 3. The second kappa shape index (κ2) is 6.17. The summed E-state index contributed by atoms with van der Waals surface area (Å²) in [5.74, 6) is -0.672. The lowest BCUT2D eigenvalue weighted by Gasteiger charge is -2.12. The van der Waals surface area contributed by atoms with Crippen LogP contribution in [-0.2, 0) is 18.9 Å². The number of carboxylic acid groups (broad SMARTS) is 1. The average molecular weight is 270 g/mol. The van der Waals surface area contributed by atoms with Gasteiger partial charge in [0.05, 0.1) is 0 Å². The lowest BCUT2D eigenvalue weighted by atomic mass is 10.1. The number of hydrogen-bond donors (Lipinski definition) is 2. The van der Waals surface area contributed by atoms with Gasteiger partial charge in [0.25, 0.3) is 5.56 Å². The minimum absolute atomic E-state index is 0.0832. The van der Waals surface area contributed by atoms with Crippen LogP contribution in [-0.4, -0.2) is 32.0 Å². The minimum Gasteiger partial charge on any atom is -0.481 e. The van der Waals surface area contributed by atoms with E-state index < -0.39 is 17.2 Å². The van der Waals surface area contributed by atoms with Crippen molar-refractivity contribution >= 4 is 11.8 Å². The van der Waals surface area contributed by atoms with Crippen molar-refractivity contribution in [1.29, 1.82) is 0 Å². The molecule has 0 aliphatic heterocycles. The van der Waals surface area contributed by atoms with Crippen molar-refractivity contribution in [2.24, 2.45) is 20.0 Å². The molecule has 0 aliphatic carbocycles. The topological polar surface area (TPSA) is 106 Å². The first-order chi connectivity index (χ1) is 8.82. The fourth-order valence-electron chi connectivity index (χ4n) is 1.55. The van der Waals surface area contributed by atoms with E-state index in [9.17, 15) is 14.4 Å². The van der Waals surface area contributed by atoms with Gasteiger partial charge in [-0.05, 0) is 12.3 Å². The summed E-state index contributed by atoms with van der Waals surface area (Å²) in [6.07, 6.45) is 0.593. The maximum Gasteiger partial charge on any atom is 0.346 e. The molecular formula is C11H18N4O4. The Kier molecular flexibility index (Phi) is 4.85. The highest BCUT2D eigenvalue weighted by Crippen LogP contribution is 2.05. The predicted molar refractivity (Wildman–Crippen MR) is 69.2 cm³/mol. The molecule has 1 heterocycles. The van der Waals surface area contributed by atoms with Crippen LogP contribution in [0.2, 0.25) is 0 Å². The van der Waals surface area contributed by atoms with Crippen molar-refractivity contribution in [3.05, 3.63) is 20.8 Å². The van der Waals surface area contributed by atoms with E-state index in [1.165, 1.54) is 14.1 Å². The Morgan fingerprint density at radius 1 is 1.42 bits per heavy atom. The average Bonchev–Trinajstić information content (AvgIpc) is 2.36. The number of rotatable bonds is 6. The van der Waals surface area contributed by atoms with Crippen molar-refractivity contribution in [3.8, 4) is 0 Å². The number of anilines is 1. The van der Waals surface area contributed by atoms with Crippen molar-refractivity contribution < 1.29 is 9.90 Å². The highest BCUT2D eigenvalue weighted by atomic mass is 16.4. The van der Waals surface area contributed by atoms with Gasteiger partial charge in [-0.25, -0.2) is 9.48 Å². The molecule has 1 atom stereocenters. The van der Waals surface area contributed by atoms with E-state index >= 15 is 0 Å². The third-order valence-electron chi connectivity index (χ3n) is 2.79. The number of aromatic nitrogens is 3. The molecule has 0 spiro atoms. The summed E-state index contributed by atoms with van der Waals surface area (Å²) in [6, 6.07) is 0. The second-order valence-corrected chi connectivity index (χ2v) is 4.54. The Labute approximate surface area is 109 Å². The van der Waals surface area contributed by atoms with Crippen LogP contribution in [0.1, 0.15) is 19.8 Å². The van der Waals surface area contributed by atoms with Gasteiger partial charge in [-0.1, -0.05) is 6.92 Å². The SMILES string of the molecule is CC(CCC(=O)O)CNc1nn(C)c(=O)n(C)c1=O. The highest BCUT2D eigenvalue weighted by Gasteiger charge is 2.10. The maximum atomic E-state index is 11.8. The molecule has 0 aliphatic rings. The van der Waals surface area contributed by atoms with E-state index in [1.54, 1.807) is 0 Å². The summed E-state index contributed by atoms with van der Waals surface area (Å²) in [5, 5.41) is 15.3. The zero-order valence-electron chi connectivity index (χ0n) is 11.2. The molecule has 0 saturated carbocycles. The zero-order valence-corrected chi connectivity index (χ0v) is 11.2. The van der Waals surface area contributed by atoms with Crippen LogP contribution in [0.4, 0.5) is 5.82 Å². The lowest BCUT2D eigenvalue weighted by Crippen LogP contribution is -2.40. The number of aryl methyl sites for hydroxylation is 1. The zero-order chi connectivity index (χ0) is 14.6. The third-order valence-corrected chi connectivity index (χ3v) is 2.79. The Hall–Kier alpha value is -2.12. The summed E-state index contributed by atoms with van der Waals surface area (Å²) in [7, 11) is 2.84. The van der Waals surface area contributed by atoms with E-state index in [0.717, 1.165) is 9.25 Å². The molecule has 0 fully saturated rings. The number of carboxylic acids is 1. The van der Waals surface area contributed by atoms with Crippen molar-refractivity contribution in [3.63, 3.8) is 0 Å². The van der Waals surface area contributed by atoms with E-state index in [2.05, 4.69) is 10.4 Å². The summed E-state index contributed by atoms with van der Waals surface area (Å²) in [5.41, 5.74) is -0.983. The Morgan fingerprint density at radius 3 is 2.63 bits per heavy atom. The molecule has 8 nitrogen and oxygen atoms in total. The summed E-state index contributed by atoms with van der Waals surface area (Å²) in [6.45, 7) is 2.30. The number of nitrogens with one attached hydrogen (secondary N) is 1. The van der Waals surface area contributed by atoms with Gasteiger partial charge in [0.2, 0.25) is 5.82 Å². The molecule has 1 unspecified atom stereocenters. The standard InChI is InChI=1S/C11H18N4O4/c1-7(4-5-8(16)17)6-12-9-10(18)14(2)11(19)15(3)13-9/h7H,4-6H2,1-3H3,(H,12,13)(H,16,17). The van der Waals surface area contributed by atoms with E-state index in [1.807, 2.05) is 6.92 Å². The predicted octanol–water partition coefficient (Wildman–Crippen LogP) is -0.608. The quantitative estimate of drug-likeness (QED) is 0.714. The van der Waals surface area contributed by atoms with Crippen LogP contribution in [0.15, 0.2) is 9.59 Å². The van der Waals surface area contributed by atoms with Gasteiger partial charge in [-0.2, -0.15) is 0 Å². The van der Waals surface area contributed by atoms with Crippen molar-refractivity contribution in [1.82, 2.24) is 14.3 Å². The van der Waals surface area contributed by atoms with Crippen LogP contribution >= 0.6 is 0 Å². The molecule has 1 rings (SSSR count). The maximum absolute atomic E-state index is 11.8. The van der Waals surface area contributed by atoms with Crippen molar-refractivity contribution in [2.75, 3.05) is 11.9 Å². The molecule has 0 amide bonds. The number of carbonyl (C=O) groups is 1. The summed E-state index contributed by atoms with van der Waals surface area (Å²) in [4.78, 5) is 33.6. The Morgan fingerprint density at radius 2 is 2.05 bits per heavy atom. The van der Waals surface area contributed by atoms with Gasteiger partial charge in [-0.15, -0.1) is 5.10 Å². The molecule has 2 N–H and O–H groups in total. The molecule has 0 radical (unpaired) electrons. The smallest absolute Gasteiger partial charge is 0.346 e. The van der Waals surface area contributed by atoms with Crippen LogP contribution in [0, 0.1) is 5.92 Å². The van der Waals surface area contributed by atoms with Crippen LogP contribution in [0.25, 0.3) is 0 Å². The van der Waals surface area contributed by atoms with Gasteiger partial charge >= 0.3 is 11.7 Å². The normalized spacial score (nSPS) is 12.2. The van der Waals surface area contributed by atoms with Gasteiger partial charge in [0, 0.05) is 27.1 Å². The first-order valence-corrected chi connectivity index (χ1v) is 5.93. The molecule has 0 saturated heterocycles. The van der Waals surface area contributed by atoms with E-state index in [-0.39, 0.29) is 18.2 Å². The highest BCUT2D eigenvalue weighted by molar-refractivity contribution is 5.66. The van der Waals surface area contributed by atoms with Crippen LogP contribution < -0.4 is 16.6 Å². The molecular weight excluding hydrogens is 252 g/mol. The largest absolute Gasteiger partial charge is 0.481 e. The molecule has 106 valence electrons. The first-order valence-electron chi connectivity index (χ1n) is 5.93. The minimum atomic E-state index is -0.844. The molecule has 1 aromatic rings. The van der Waals surface area contributed by atoms with Gasteiger partial charge < -0.3 is 10.4 Å². The van der Waals surface area contributed by atoms with Gasteiger partial charge in [0.15, 0.2) is 0 Å². The number of aliphatic carboxylic acids is 1. The van der Waals surface area contributed by atoms with Crippen LogP contribution in [0.3, 0.4) is 0 Å². The molecule has 8 heteroatoms. The monoisotopic (exact) mass is 270 g/mol. The molecule has 1 aromatic heterocycles. The Bertz CT molecular complexity index is 575. The summed E-state index contributed by atoms with van der Waals surface area (Å²) >= 11 is 0. The fourth-order valence-corrected chi connectivity index (χ4v) is 1.55. The van der Waals surface area contributed by atoms with Gasteiger partial charge in [-0.3, -0.25) is 14.2 Å². The van der Waals surface area contributed by atoms with Gasteiger partial charge in [0.1, 0.15) is 0 Å². The Balaban J connectivity index is 2.71. The molecule has 19 heavy (non-hydrogen) atoms. The third kappa shape index (κ3) is 3.94. The molecule has 0 bridgehead atoms. The number of hydrogen-bond acceptors (Lipinski definition) is 5. The lowest BCUT2D eigenvalue weighted by molar-refractivity contribution is -0.137. The van der Waals surface area contributed by atoms with E-state index in [0.29, 0.717) is 13.0 Å². The first kappa shape index (κ1) is 14.9.